The third kappa shape index (κ3) is 1.72. The second-order valence-electron chi connectivity index (χ2n) is 5.10. The van der Waals surface area contributed by atoms with Gasteiger partial charge in [0.15, 0.2) is 0 Å². The summed E-state index contributed by atoms with van der Waals surface area (Å²) in [5.74, 6) is -0.639. The smallest absolute Gasteiger partial charge is 0.262 e. The highest BCUT2D eigenvalue weighted by molar-refractivity contribution is 9.10. The normalized spacial score (nSPS) is 22.4. The SMILES string of the molecule is O=C1c2cc(Br)ccc2N[C@H]2[C@H](O)c3cc(F)ccc3N12. The number of carbonyl (C=O) groups excluding carboxylic acids is 1. The molecule has 0 fully saturated rings. The summed E-state index contributed by atoms with van der Waals surface area (Å²) >= 11 is 3.35. The molecule has 106 valence electrons. The average molecular weight is 349 g/mol. The molecule has 0 spiro atoms. The lowest BCUT2D eigenvalue weighted by Crippen LogP contribution is -2.48. The zero-order valence-electron chi connectivity index (χ0n) is 10.7. The van der Waals surface area contributed by atoms with Crippen LogP contribution in [0, 0.1) is 5.82 Å². The number of amides is 1. The van der Waals surface area contributed by atoms with Crippen molar-refractivity contribution in [2.24, 2.45) is 0 Å². The molecule has 4 nitrogen and oxygen atoms in total. The number of hydrogen-bond donors (Lipinski definition) is 2. The van der Waals surface area contributed by atoms with Crippen molar-refractivity contribution >= 4 is 33.2 Å². The van der Waals surface area contributed by atoms with Crippen molar-refractivity contribution in [1.29, 1.82) is 0 Å². The monoisotopic (exact) mass is 348 g/mol. The van der Waals surface area contributed by atoms with E-state index in [9.17, 15) is 14.3 Å². The molecule has 2 aromatic rings. The number of carbonyl (C=O) groups is 1. The first kappa shape index (κ1) is 12.8. The van der Waals surface area contributed by atoms with E-state index in [0.29, 0.717) is 22.5 Å². The number of aliphatic hydroxyl groups excluding tert-OH is 1. The Kier molecular flexibility index (Phi) is 2.61. The molecule has 0 aromatic heterocycles. The molecule has 0 saturated heterocycles. The van der Waals surface area contributed by atoms with Gasteiger partial charge in [-0.05, 0) is 36.4 Å². The van der Waals surface area contributed by atoms with E-state index in [0.717, 1.165) is 4.47 Å². The van der Waals surface area contributed by atoms with E-state index < -0.39 is 18.1 Å². The fourth-order valence-corrected chi connectivity index (χ4v) is 3.29. The highest BCUT2D eigenvalue weighted by atomic mass is 79.9. The predicted octanol–water partition coefficient (Wildman–Crippen LogP) is 3.03. The van der Waals surface area contributed by atoms with Crippen molar-refractivity contribution in [3.8, 4) is 0 Å². The fraction of sp³-hybridized carbons (Fsp3) is 0.133. The summed E-state index contributed by atoms with van der Waals surface area (Å²) in [5, 5.41) is 13.5. The number of rotatable bonds is 0. The predicted molar refractivity (Wildman–Crippen MR) is 79.7 cm³/mol. The van der Waals surface area contributed by atoms with E-state index in [-0.39, 0.29) is 5.91 Å². The number of nitrogens with one attached hydrogen (secondary N) is 1. The summed E-state index contributed by atoms with van der Waals surface area (Å²) < 4.78 is 14.2. The number of nitrogens with zero attached hydrogens (tertiary/aromatic N) is 1. The van der Waals surface area contributed by atoms with Crippen LogP contribution in [-0.4, -0.2) is 17.2 Å². The van der Waals surface area contributed by atoms with Crippen LogP contribution < -0.4 is 10.2 Å². The number of hydrogen-bond acceptors (Lipinski definition) is 3. The molecular weight excluding hydrogens is 339 g/mol. The summed E-state index contributed by atoms with van der Waals surface area (Å²) in [6.07, 6.45) is -1.57. The Morgan fingerprint density at radius 3 is 2.86 bits per heavy atom. The maximum Gasteiger partial charge on any atom is 0.262 e. The van der Waals surface area contributed by atoms with Gasteiger partial charge >= 0.3 is 0 Å². The van der Waals surface area contributed by atoms with E-state index in [2.05, 4.69) is 21.2 Å². The molecule has 2 aliphatic rings. The zero-order chi connectivity index (χ0) is 14.7. The van der Waals surface area contributed by atoms with Crippen molar-refractivity contribution in [2.45, 2.75) is 12.3 Å². The van der Waals surface area contributed by atoms with Crippen LogP contribution in [0.1, 0.15) is 22.0 Å². The molecule has 6 heteroatoms. The largest absolute Gasteiger partial charge is 0.384 e. The van der Waals surface area contributed by atoms with Gasteiger partial charge < -0.3 is 10.4 Å². The Morgan fingerprint density at radius 1 is 1.24 bits per heavy atom. The van der Waals surface area contributed by atoms with Crippen LogP contribution in [0.4, 0.5) is 15.8 Å². The van der Waals surface area contributed by atoms with Crippen LogP contribution in [-0.2, 0) is 0 Å². The number of aliphatic hydroxyl groups is 1. The van der Waals surface area contributed by atoms with Crippen LogP contribution in [0.5, 0.6) is 0 Å². The number of halogens is 2. The molecule has 2 aromatic carbocycles. The van der Waals surface area contributed by atoms with Crippen molar-refractivity contribution in [2.75, 3.05) is 10.2 Å². The Hall–Kier alpha value is -1.92. The van der Waals surface area contributed by atoms with Crippen LogP contribution in [0.3, 0.4) is 0 Å². The maximum atomic E-state index is 13.4. The molecule has 2 N–H and O–H groups in total. The van der Waals surface area contributed by atoms with E-state index in [1.807, 2.05) is 6.07 Å². The van der Waals surface area contributed by atoms with Gasteiger partial charge in [-0.2, -0.15) is 0 Å². The number of fused-ring (bicyclic) bond motifs is 4. The summed E-state index contributed by atoms with van der Waals surface area (Å²) in [7, 11) is 0. The van der Waals surface area contributed by atoms with E-state index in [1.54, 1.807) is 12.1 Å². The first-order valence-corrected chi connectivity index (χ1v) is 7.23. The Morgan fingerprint density at radius 2 is 2.05 bits per heavy atom. The van der Waals surface area contributed by atoms with Gasteiger partial charge in [-0.1, -0.05) is 15.9 Å². The molecule has 2 aliphatic heterocycles. The van der Waals surface area contributed by atoms with Gasteiger partial charge in [0, 0.05) is 15.7 Å². The van der Waals surface area contributed by atoms with Crippen molar-refractivity contribution in [3.63, 3.8) is 0 Å². The van der Waals surface area contributed by atoms with Gasteiger partial charge in [-0.25, -0.2) is 4.39 Å². The molecule has 2 heterocycles. The van der Waals surface area contributed by atoms with Crippen molar-refractivity contribution < 1.29 is 14.3 Å². The van der Waals surface area contributed by atoms with E-state index in [1.165, 1.54) is 23.1 Å². The van der Waals surface area contributed by atoms with Gasteiger partial charge in [0.25, 0.3) is 5.91 Å². The minimum absolute atomic E-state index is 0.209. The lowest BCUT2D eigenvalue weighted by molar-refractivity contribution is 0.0940. The lowest BCUT2D eigenvalue weighted by atomic mass is 10.1. The van der Waals surface area contributed by atoms with Gasteiger partial charge in [-0.3, -0.25) is 9.69 Å². The van der Waals surface area contributed by atoms with Gasteiger partial charge in [0.2, 0.25) is 0 Å². The Bertz CT molecular complexity index is 780. The first-order valence-electron chi connectivity index (χ1n) is 6.43. The fourth-order valence-electron chi connectivity index (χ4n) is 2.93. The second kappa shape index (κ2) is 4.29. The summed E-state index contributed by atoms with van der Waals surface area (Å²) in [4.78, 5) is 14.2. The Labute approximate surface area is 128 Å². The van der Waals surface area contributed by atoms with Gasteiger partial charge in [0.1, 0.15) is 18.1 Å². The third-order valence-electron chi connectivity index (χ3n) is 3.88. The lowest BCUT2D eigenvalue weighted by Gasteiger charge is -2.34. The van der Waals surface area contributed by atoms with Gasteiger partial charge in [0.05, 0.1) is 11.3 Å². The molecule has 1 amide bonds. The minimum Gasteiger partial charge on any atom is -0.384 e. The highest BCUT2D eigenvalue weighted by Crippen LogP contribution is 2.44. The molecule has 4 rings (SSSR count). The molecular formula is C15H10BrFN2O2. The second-order valence-corrected chi connectivity index (χ2v) is 6.02. The first-order chi connectivity index (χ1) is 10.1. The molecule has 0 saturated carbocycles. The third-order valence-corrected chi connectivity index (χ3v) is 4.37. The van der Waals surface area contributed by atoms with Crippen LogP contribution in [0.2, 0.25) is 0 Å². The summed E-state index contributed by atoms with van der Waals surface area (Å²) in [5.41, 5.74) is 2.14. The van der Waals surface area contributed by atoms with Crippen LogP contribution >= 0.6 is 15.9 Å². The van der Waals surface area contributed by atoms with E-state index in [4.69, 9.17) is 0 Å². The van der Waals surface area contributed by atoms with E-state index >= 15 is 0 Å². The molecule has 2 atom stereocenters. The number of anilines is 2. The van der Waals surface area contributed by atoms with Crippen molar-refractivity contribution in [3.05, 3.63) is 57.8 Å². The van der Waals surface area contributed by atoms with Crippen LogP contribution in [0.25, 0.3) is 0 Å². The van der Waals surface area contributed by atoms with Crippen molar-refractivity contribution in [1.82, 2.24) is 0 Å². The Balaban J connectivity index is 1.89. The standard InChI is InChI=1S/C15H10BrFN2O2/c16-7-1-3-11-9(5-7)15(21)19-12-4-2-8(17)6-10(12)13(20)14(19)18-11/h1-6,13-14,18,20H/t13-,14-/m1/s1. The minimum atomic E-state index is -0.962. The summed E-state index contributed by atoms with van der Waals surface area (Å²) in [6.45, 7) is 0. The molecule has 0 aliphatic carbocycles. The molecule has 0 bridgehead atoms. The topological polar surface area (TPSA) is 52.6 Å². The molecule has 21 heavy (non-hydrogen) atoms. The molecule has 0 unspecified atom stereocenters. The van der Waals surface area contributed by atoms with Gasteiger partial charge in [-0.15, -0.1) is 0 Å². The maximum absolute atomic E-state index is 13.4. The average Bonchev–Trinajstić information content (AvgIpc) is 2.73. The van der Waals surface area contributed by atoms with Crippen LogP contribution in [0.15, 0.2) is 40.9 Å². The summed E-state index contributed by atoms with van der Waals surface area (Å²) in [6, 6.07) is 9.42. The highest BCUT2D eigenvalue weighted by Gasteiger charge is 2.44. The zero-order valence-corrected chi connectivity index (χ0v) is 12.3. The number of benzene rings is 2. The quantitative estimate of drug-likeness (QED) is 0.769. The molecule has 0 radical (unpaired) electrons.